The van der Waals surface area contributed by atoms with Crippen molar-refractivity contribution < 1.29 is 14.7 Å². The molecule has 2 amide bonds. The predicted octanol–water partition coefficient (Wildman–Crippen LogP) is -0.193. The maximum absolute atomic E-state index is 11.6. The lowest BCUT2D eigenvalue weighted by molar-refractivity contribution is -0.136. The number of amides is 2. The Morgan fingerprint density at radius 3 is 2.69 bits per heavy atom. The fourth-order valence-corrected chi connectivity index (χ4v) is 1.74. The van der Waals surface area contributed by atoms with Crippen molar-refractivity contribution in [2.45, 2.75) is 18.9 Å². The van der Waals surface area contributed by atoms with Crippen molar-refractivity contribution in [1.82, 2.24) is 15.1 Å². The molecule has 6 heteroatoms. The number of nitrogens with zero attached hydrogens (tertiary/aromatic N) is 2. The molecule has 1 heterocycles. The molecule has 1 unspecified atom stereocenters. The summed E-state index contributed by atoms with van der Waals surface area (Å²) >= 11 is 0. The number of aliphatic carboxylic acids is 1. The molecule has 1 aliphatic heterocycles. The highest BCUT2D eigenvalue weighted by Gasteiger charge is 2.27. The molecule has 0 aromatic carbocycles. The van der Waals surface area contributed by atoms with Crippen molar-refractivity contribution in [3.05, 3.63) is 0 Å². The number of likely N-dealkylation sites (N-methyl/N-ethyl adjacent to an activating group) is 1. The Labute approximate surface area is 95.2 Å². The Kier molecular flexibility index (Phi) is 4.54. The topological polar surface area (TPSA) is 72.9 Å². The van der Waals surface area contributed by atoms with Crippen LogP contribution in [0.5, 0.6) is 0 Å². The lowest BCUT2D eigenvalue weighted by Gasteiger charge is -2.20. The Balaban J connectivity index is 2.25. The smallest absolute Gasteiger partial charge is 0.317 e. The molecular weight excluding hydrogens is 210 g/mol. The molecule has 0 radical (unpaired) electrons. The second-order valence-corrected chi connectivity index (χ2v) is 4.23. The zero-order chi connectivity index (χ0) is 12.1. The van der Waals surface area contributed by atoms with Gasteiger partial charge in [0, 0.05) is 25.7 Å². The number of carboxylic acid groups (broad SMARTS) is 1. The number of nitrogens with one attached hydrogen (secondary N) is 1. The number of carbonyl (C=O) groups excluding carboxylic acids is 1. The van der Waals surface area contributed by atoms with E-state index >= 15 is 0 Å². The number of urea groups is 1. The Morgan fingerprint density at radius 2 is 2.19 bits per heavy atom. The summed E-state index contributed by atoms with van der Waals surface area (Å²) in [5, 5.41) is 11.0. The van der Waals surface area contributed by atoms with Gasteiger partial charge >= 0.3 is 12.0 Å². The van der Waals surface area contributed by atoms with Crippen LogP contribution in [0.3, 0.4) is 0 Å². The second kappa shape index (κ2) is 5.69. The fourth-order valence-electron chi connectivity index (χ4n) is 1.74. The molecule has 1 fully saturated rings. The fraction of sp³-hybridized carbons (Fsp3) is 0.800. The molecule has 0 saturated carbocycles. The van der Waals surface area contributed by atoms with Crippen molar-refractivity contribution in [1.29, 1.82) is 0 Å². The lowest BCUT2D eigenvalue weighted by atomic mass is 10.2. The molecule has 16 heavy (non-hydrogen) atoms. The van der Waals surface area contributed by atoms with E-state index in [9.17, 15) is 9.59 Å². The van der Waals surface area contributed by atoms with Gasteiger partial charge in [-0.15, -0.1) is 0 Å². The second-order valence-electron chi connectivity index (χ2n) is 4.23. The number of carboxylic acids is 1. The molecule has 1 aliphatic rings. The molecule has 92 valence electrons. The van der Waals surface area contributed by atoms with Crippen LogP contribution >= 0.6 is 0 Å². The summed E-state index contributed by atoms with van der Waals surface area (Å²) < 4.78 is 0. The largest absolute Gasteiger partial charge is 0.481 e. The van der Waals surface area contributed by atoms with Gasteiger partial charge in [-0.1, -0.05) is 0 Å². The van der Waals surface area contributed by atoms with Crippen LogP contribution in [-0.4, -0.2) is 66.7 Å². The van der Waals surface area contributed by atoms with E-state index in [1.54, 1.807) is 4.90 Å². The summed E-state index contributed by atoms with van der Waals surface area (Å²) in [5.74, 6) is -0.895. The molecule has 1 saturated heterocycles. The van der Waals surface area contributed by atoms with E-state index in [0.29, 0.717) is 12.6 Å². The molecule has 6 nitrogen and oxygen atoms in total. The highest BCUT2D eigenvalue weighted by molar-refractivity contribution is 5.75. The summed E-state index contributed by atoms with van der Waals surface area (Å²) in [5.41, 5.74) is 0. The first-order valence-corrected chi connectivity index (χ1v) is 5.41. The molecule has 0 aromatic heterocycles. The molecule has 1 rings (SSSR count). The van der Waals surface area contributed by atoms with Gasteiger partial charge in [-0.2, -0.15) is 0 Å². The number of hydrogen-bond acceptors (Lipinski definition) is 3. The van der Waals surface area contributed by atoms with Gasteiger partial charge in [0.05, 0.1) is 6.42 Å². The average molecular weight is 229 g/mol. The van der Waals surface area contributed by atoms with Crippen molar-refractivity contribution in [3.63, 3.8) is 0 Å². The normalized spacial score (nSPS) is 20.2. The highest BCUT2D eigenvalue weighted by atomic mass is 16.4. The van der Waals surface area contributed by atoms with Gasteiger partial charge in [0.2, 0.25) is 0 Å². The van der Waals surface area contributed by atoms with Crippen molar-refractivity contribution in [2.75, 3.05) is 33.7 Å². The molecule has 0 aromatic rings. The third kappa shape index (κ3) is 3.69. The van der Waals surface area contributed by atoms with E-state index in [1.165, 1.54) is 0 Å². The third-order valence-corrected chi connectivity index (χ3v) is 2.80. The maximum atomic E-state index is 11.6. The van der Waals surface area contributed by atoms with Crippen LogP contribution in [0.1, 0.15) is 12.8 Å². The van der Waals surface area contributed by atoms with E-state index in [-0.39, 0.29) is 19.0 Å². The van der Waals surface area contributed by atoms with Crippen LogP contribution in [0.2, 0.25) is 0 Å². The highest BCUT2D eigenvalue weighted by Crippen LogP contribution is 2.12. The molecular formula is C10H19N3O3. The van der Waals surface area contributed by atoms with Crippen LogP contribution in [0.4, 0.5) is 4.79 Å². The zero-order valence-corrected chi connectivity index (χ0v) is 9.77. The minimum atomic E-state index is -0.895. The first-order chi connectivity index (χ1) is 7.50. The lowest BCUT2D eigenvalue weighted by Crippen LogP contribution is -2.41. The van der Waals surface area contributed by atoms with Gasteiger partial charge in [-0.3, -0.25) is 4.79 Å². The van der Waals surface area contributed by atoms with Crippen LogP contribution < -0.4 is 5.32 Å². The average Bonchev–Trinajstić information content (AvgIpc) is 2.65. The quantitative estimate of drug-likeness (QED) is 0.700. The summed E-state index contributed by atoms with van der Waals surface area (Å²) in [4.78, 5) is 25.7. The molecule has 1 atom stereocenters. The zero-order valence-electron chi connectivity index (χ0n) is 9.77. The third-order valence-electron chi connectivity index (χ3n) is 2.80. The van der Waals surface area contributed by atoms with E-state index in [4.69, 9.17) is 5.11 Å². The molecule has 0 bridgehead atoms. The SMILES string of the molecule is CN(C)C1CCN(C(=O)NCCC(=O)O)C1. The van der Waals surface area contributed by atoms with Crippen molar-refractivity contribution >= 4 is 12.0 Å². The first-order valence-electron chi connectivity index (χ1n) is 5.41. The molecule has 2 N–H and O–H groups in total. The van der Waals surface area contributed by atoms with Crippen LogP contribution in [0, 0.1) is 0 Å². The summed E-state index contributed by atoms with van der Waals surface area (Å²) in [7, 11) is 3.99. The molecule has 0 aliphatic carbocycles. The van der Waals surface area contributed by atoms with E-state index in [0.717, 1.165) is 13.0 Å². The summed E-state index contributed by atoms with van der Waals surface area (Å²) in [6.07, 6.45) is 0.941. The van der Waals surface area contributed by atoms with Crippen molar-refractivity contribution in [2.24, 2.45) is 0 Å². The van der Waals surface area contributed by atoms with Gasteiger partial charge in [-0.05, 0) is 20.5 Å². The summed E-state index contributed by atoms with van der Waals surface area (Å²) in [6, 6.07) is 0.246. The van der Waals surface area contributed by atoms with E-state index < -0.39 is 5.97 Å². The predicted molar refractivity (Wildman–Crippen MR) is 59.3 cm³/mol. The first kappa shape index (κ1) is 12.8. The standard InChI is InChI=1S/C10H19N3O3/c1-12(2)8-4-6-13(7-8)10(16)11-5-3-9(14)15/h8H,3-7H2,1-2H3,(H,11,16)(H,14,15). The van der Waals surface area contributed by atoms with Gasteiger partial charge in [0.15, 0.2) is 0 Å². The van der Waals surface area contributed by atoms with Gasteiger partial charge in [0.25, 0.3) is 0 Å². The number of rotatable bonds is 4. The van der Waals surface area contributed by atoms with Gasteiger partial charge in [-0.25, -0.2) is 4.79 Å². The van der Waals surface area contributed by atoms with Gasteiger partial charge < -0.3 is 20.2 Å². The number of carbonyl (C=O) groups is 2. The van der Waals surface area contributed by atoms with E-state index in [1.807, 2.05) is 14.1 Å². The Hall–Kier alpha value is -1.30. The van der Waals surface area contributed by atoms with Gasteiger partial charge in [0.1, 0.15) is 0 Å². The van der Waals surface area contributed by atoms with Crippen LogP contribution in [0.15, 0.2) is 0 Å². The number of hydrogen-bond donors (Lipinski definition) is 2. The number of likely N-dealkylation sites (tertiary alicyclic amines) is 1. The monoisotopic (exact) mass is 229 g/mol. The van der Waals surface area contributed by atoms with E-state index in [2.05, 4.69) is 10.2 Å². The summed E-state index contributed by atoms with van der Waals surface area (Å²) in [6.45, 7) is 1.64. The molecule has 0 spiro atoms. The van der Waals surface area contributed by atoms with Crippen molar-refractivity contribution in [3.8, 4) is 0 Å². The van der Waals surface area contributed by atoms with Crippen LogP contribution in [0.25, 0.3) is 0 Å². The minimum absolute atomic E-state index is 0.0311. The minimum Gasteiger partial charge on any atom is -0.481 e. The Morgan fingerprint density at radius 1 is 1.50 bits per heavy atom. The maximum Gasteiger partial charge on any atom is 0.317 e. The Bertz CT molecular complexity index is 268. The van der Waals surface area contributed by atoms with Crippen LogP contribution in [-0.2, 0) is 4.79 Å².